The van der Waals surface area contributed by atoms with Crippen molar-refractivity contribution >= 4 is 22.1 Å². The van der Waals surface area contributed by atoms with E-state index in [-0.39, 0.29) is 70.6 Å². The normalized spacial score (nSPS) is 14.8. The van der Waals surface area contributed by atoms with Crippen LogP contribution in [0.3, 0.4) is 0 Å². The smallest absolute Gasteiger partial charge is 0.486 e. The average molecular weight is 1070 g/mol. The number of aromatic nitrogens is 4. The molecule has 0 unspecified atom stereocenters. The first-order valence-electron chi connectivity index (χ1n) is 27.3. The van der Waals surface area contributed by atoms with E-state index in [1.807, 2.05) is 85.2 Å². The van der Waals surface area contributed by atoms with Crippen molar-refractivity contribution in [2.75, 3.05) is 0 Å². The molecule has 10 rings (SSSR count). The molecular weight excluding hydrogens is 1010 g/mol. The maximum atomic E-state index is 10.0. The summed E-state index contributed by atoms with van der Waals surface area (Å²) in [6, 6.07) is 52.9. The van der Waals surface area contributed by atoms with Gasteiger partial charge in [0.25, 0.3) is 0 Å². The van der Waals surface area contributed by atoms with Crippen molar-refractivity contribution in [3.8, 4) is 44.9 Å². The molecule has 5 nitrogen and oxygen atoms in total. The summed E-state index contributed by atoms with van der Waals surface area (Å²) in [6.07, 6.45) is 0.260. The van der Waals surface area contributed by atoms with Gasteiger partial charge in [-0.15, -0.1) is 90.0 Å². The summed E-state index contributed by atoms with van der Waals surface area (Å²) in [7, 11) is 0. The fourth-order valence-electron chi connectivity index (χ4n) is 8.86. The van der Waals surface area contributed by atoms with Gasteiger partial charge in [-0.1, -0.05) is 111 Å². The van der Waals surface area contributed by atoms with Crippen LogP contribution in [0.4, 0.5) is 0 Å². The van der Waals surface area contributed by atoms with Crippen molar-refractivity contribution in [1.82, 2.24) is 19.9 Å². The molecule has 0 spiro atoms. The van der Waals surface area contributed by atoms with Crippen LogP contribution in [0.5, 0.6) is 0 Å². The third kappa shape index (κ3) is 9.76. The number of aryl methyl sites for hydroxylation is 4. The molecule has 0 aliphatic rings. The molecule has 0 saturated heterocycles. The summed E-state index contributed by atoms with van der Waals surface area (Å²) in [4.78, 5) is 18.7. The summed E-state index contributed by atoms with van der Waals surface area (Å²) in [5.41, 5.74) is 6.66. The first kappa shape index (κ1) is 35.3. The molecule has 5 aromatic carbocycles. The monoisotopic (exact) mass is 1070 g/mol. The van der Waals surface area contributed by atoms with Gasteiger partial charge in [0.15, 0.2) is 0 Å². The van der Waals surface area contributed by atoms with E-state index >= 15 is 0 Å². The number of pyridine rings is 4. The molecule has 0 aliphatic carbocycles. The zero-order valence-corrected chi connectivity index (χ0v) is 40.4. The molecule has 0 aliphatic heterocycles. The number of nitrogens with zero attached hydrogens (tertiary/aromatic N) is 4. The number of hydrogen-bond donors (Lipinski definition) is 0. The minimum absolute atomic E-state index is 0. The van der Waals surface area contributed by atoms with Crippen molar-refractivity contribution in [2.24, 2.45) is 0 Å². The largest absolute Gasteiger partial charge is 3.00 e. The Morgan fingerprint density at radius 3 is 1.79 bits per heavy atom. The van der Waals surface area contributed by atoms with Crippen LogP contribution in [-0.2, 0) is 56.5 Å². The number of fused-ring (bicyclic) bond motifs is 3. The number of hydrogen-bond acceptors (Lipinski definition) is 5. The van der Waals surface area contributed by atoms with Gasteiger partial charge in [0, 0.05) is 43.4 Å². The molecule has 0 atom stereocenters. The second kappa shape index (κ2) is 19.4. The van der Waals surface area contributed by atoms with Crippen LogP contribution >= 0.6 is 0 Å². The van der Waals surface area contributed by atoms with E-state index in [1.54, 1.807) is 54.6 Å². The predicted molar refractivity (Wildman–Crippen MR) is 273 cm³/mol. The van der Waals surface area contributed by atoms with E-state index in [2.05, 4.69) is 56.9 Å². The third-order valence-electron chi connectivity index (χ3n) is 12.4. The van der Waals surface area contributed by atoms with E-state index in [9.17, 15) is 5.48 Å². The van der Waals surface area contributed by atoms with Gasteiger partial charge in [0.2, 0.25) is 5.71 Å². The van der Waals surface area contributed by atoms with E-state index in [4.69, 9.17) is 27.6 Å². The maximum Gasteiger partial charge on any atom is 3.00 e. The summed E-state index contributed by atoms with van der Waals surface area (Å²) in [5, 5.41) is 1.15. The fraction of sp³-hybridized carbons (Fsp3) is 0.194. The fourth-order valence-corrected chi connectivity index (χ4v) is 8.86. The first-order valence-corrected chi connectivity index (χ1v) is 22.3. The zero-order valence-electron chi connectivity index (χ0n) is 48.0. The van der Waals surface area contributed by atoms with Gasteiger partial charge in [0.05, 0.1) is 5.58 Å². The Kier molecular flexibility index (Phi) is 10.1. The van der Waals surface area contributed by atoms with Gasteiger partial charge < -0.3 is 19.4 Å². The SMILES string of the molecule is [2H]C([2H])([2H])c1ccc2c(n1)oc1c(-c3cc(-c4ccccc4C([2H])([2H])[2H])c(C([2H])([2H])C([2H])([2H])c4cc(CC(C)(C)c5ccc(-c6[c-]cccc6)nc5)cc(CC(C)(C)c5ccc(-c6[c-]cccc6)nc5)c4)cn3)[c-]ccc12.[Ir+3]. The zero-order chi connectivity index (χ0) is 54.7. The van der Waals surface area contributed by atoms with Crippen molar-refractivity contribution in [1.29, 1.82) is 0 Å². The van der Waals surface area contributed by atoms with Crippen LogP contribution in [0.1, 0.15) is 86.0 Å². The molecule has 336 valence electrons. The summed E-state index contributed by atoms with van der Waals surface area (Å²) < 4.78 is 95.9. The molecule has 68 heavy (non-hydrogen) atoms. The minimum atomic E-state index is -2.86. The standard InChI is InChI=1S/C62H53N4O.Ir/c1-41-16-13-14-21-51(41)55-35-58(54-23-15-22-52-53-29-24-42(2)66-60(53)67-59(52)54)63-38-48(55)26-25-43-32-44(36-61(3,4)49-27-30-56(64-39-49)46-17-9-7-10-18-46)34-45(33-43)37-62(5,6)50-28-31-57(65-40-50)47-19-11-8-12-20-47;/h7-17,19,21-22,24,27-35,38-40H,25-26,36-37H2,1-6H3;/q-3;+3/i1D3,2D3,25D2,26D2;. The van der Waals surface area contributed by atoms with E-state index < -0.39 is 37.3 Å². The van der Waals surface area contributed by atoms with Crippen LogP contribution in [0.2, 0.25) is 0 Å². The van der Waals surface area contributed by atoms with Crippen molar-refractivity contribution in [3.63, 3.8) is 0 Å². The Bertz CT molecular complexity index is 3670. The van der Waals surface area contributed by atoms with Crippen LogP contribution in [-0.4, -0.2) is 19.9 Å². The Labute approximate surface area is 428 Å². The van der Waals surface area contributed by atoms with Crippen LogP contribution < -0.4 is 0 Å². The summed E-state index contributed by atoms with van der Waals surface area (Å²) >= 11 is 0. The number of furan rings is 1. The molecule has 0 amide bonds. The van der Waals surface area contributed by atoms with Gasteiger partial charge >= 0.3 is 20.1 Å². The quantitative estimate of drug-likeness (QED) is 0.108. The van der Waals surface area contributed by atoms with Crippen LogP contribution in [0, 0.1) is 31.9 Å². The predicted octanol–water partition coefficient (Wildman–Crippen LogP) is 14.7. The van der Waals surface area contributed by atoms with E-state index in [0.29, 0.717) is 29.2 Å². The van der Waals surface area contributed by atoms with E-state index in [0.717, 1.165) is 44.8 Å². The molecule has 5 aromatic heterocycles. The van der Waals surface area contributed by atoms with Crippen molar-refractivity contribution < 1.29 is 38.2 Å². The Hall–Kier alpha value is -6.85. The summed E-state index contributed by atoms with van der Waals surface area (Å²) in [5.74, 6) is 0. The molecule has 10 aromatic rings. The number of benzene rings is 5. The second-order valence-electron chi connectivity index (χ2n) is 18.2. The van der Waals surface area contributed by atoms with Gasteiger partial charge in [-0.05, 0) is 129 Å². The molecular formula is C62H53IrN4O. The minimum Gasteiger partial charge on any atom is -0.486 e. The van der Waals surface area contributed by atoms with Gasteiger partial charge in [-0.25, -0.2) is 4.98 Å². The van der Waals surface area contributed by atoms with Gasteiger partial charge in [0.1, 0.15) is 0 Å². The van der Waals surface area contributed by atoms with Crippen molar-refractivity contribution in [3.05, 3.63) is 227 Å². The third-order valence-corrected chi connectivity index (χ3v) is 12.4. The molecule has 0 radical (unpaired) electrons. The van der Waals surface area contributed by atoms with Gasteiger partial charge in [-0.2, -0.15) is 0 Å². The maximum absolute atomic E-state index is 10.0. The molecule has 5 heterocycles. The average Bonchev–Trinajstić information content (AvgIpc) is 3.81. The van der Waals surface area contributed by atoms with Gasteiger partial charge in [-0.3, -0.25) is 0 Å². The van der Waals surface area contributed by atoms with E-state index in [1.165, 1.54) is 18.3 Å². The Morgan fingerprint density at radius 2 is 1.19 bits per heavy atom. The molecule has 0 N–H and O–H groups in total. The van der Waals surface area contributed by atoms with Crippen molar-refractivity contribution in [2.45, 2.75) is 77.8 Å². The first-order chi connectivity index (χ1) is 36.4. The molecule has 0 saturated carbocycles. The van der Waals surface area contributed by atoms with Crippen LogP contribution in [0.15, 0.2) is 169 Å². The Morgan fingerprint density at radius 1 is 0.559 bits per heavy atom. The topological polar surface area (TPSA) is 64.7 Å². The Balaban J connectivity index is 0.00000740. The summed E-state index contributed by atoms with van der Waals surface area (Å²) in [6.45, 7) is 3.30. The number of rotatable bonds is 13. The van der Waals surface area contributed by atoms with Crippen LogP contribution in [0.25, 0.3) is 67.0 Å². The molecule has 0 fully saturated rings. The second-order valence-corrected chi connectivity index (χ2v) is 18.2. The molecule has 0 bridgehead atoms. The molecule has 6 heteroatoms.